The lowest BCUT2D eigenvalue weighted by Crippen LogP contribution is -2.16. The van der Waals surface area contributed by atoms with Gasteiger partial charge in [0.15, 0.2) is 6.29 Å². The van der Waals surface area contributed by atoms with Crippen LogP contribution in [-0.4, -0.2) is 30.5 Å². The van der Waals surface area contributed by atoms with E-state index in [1.807, 2.05) is 0 Å². The first kappa shape index (κ1) is 11.5. The average Bonchev–Trinajstić information content (AvgIpc) is 2.82. The molecule has 1 aliphatic rings. The molecule has 1 unspecified atom stereocenters. The minimum absolute atomic E-state index is 0.0878. The quantitative estimate of drug-likeness (QED) is 0.451. The Morgan fingerprint density at radius 3 is 2.94 bits per heavy atom. The molecule has 0 radical (unpaired) electrons. The number of nitrogens with zero attached hydrogens (tertiary/aromatic N) is 1. The van der Waals surface area contributed by atoms with Gasteiger partial charge in [-0.05, 0) is 6.07 Å². The summed E-state index contributed by atoms with van der Waals surface area (Å²) >= 11 is 0. The molecule has 1 aliphatic heterocycles. The highest BCUT2D eigenvalue weighted by Gasteiger charge is 2.19. The Morgan fingerprint density at radius 2 is 2.35 bits per heavy atom. The number of benzene rings is 1. The van der Waals surface area contributed by atoms with Gasteiger partial charge in [-0.1, -0.05) is 0 Å². The molecule has 1 aromatic rings. The summed E-state index contributed by atoms with van der Waals surface area (Å²) in [6.07, 6.45) is 1.23. The number of carbonyl (C=O) groups is 1. The van der Waals surface area contributed by atoms with Gasteiger partial charge in [0.05, 0.1) is 23.7 Å². The van der Waals surface area contributed by atoms with Crippen molar-refractivity contribution in [2.45, 2.75) is 12.5 Å². The molecule has 2 rings (SSSR count). The zero-order valence-electron chi connectivity index (χ0n) is 9.00. The van der Waals surface area contributed by atoms with E-state index < -0.39 is 4.92 Å². The van der Waals surface area contributed by atoms with Gasteiger partial charge in [0.1, 0.15) is 11.9 Å². The first-order chi connectivity index (χ1) is 8.20. The third kappa shape index (κ3) is 2.59. The van der Waals surface area contributed by atoms with Crippen LogP contribution in [0.4, 0.5) is 5.69 Å². The van der Waals surface area contributed by atoms with Crippen LogP contribution in [0, 0.1) is 10.1 Å². The van der Waals surface area contributed by atoms with Crippen molar-refractivity contribution in [2.75, 3.05) is 13.2 Å². The Hall–Kier alpha value is -1.95. The molecule has 17 heavy (non-hydrogen) atoms. The zero-order valence-corrected chi connectivity index (χ0v) is 9.00. The fourth-order valence-electron chi connectivity index (χ4n) is 1.63. The third-order valence-corrected chi connectivity index (χ3v) is 2.51. The Bertz CT molecular complexity index is 439. The van der Waals surface area contributed by atoms with Gasteiger partial charge in [-0.2, -0.15) is 0 Å². The summed E-state index contributed by atoms with van der Waals surface area (Å²) in [6, 6.07) is 3.97. The first-order valence-electron chi connectivity index (χ1n) is 5.18. The fraction of sp³-hybridized carbons (Fsp3) is 0.364. The molecule has 0 bridgehead atoms. The number of aldehydes is 1. The van der Waals surface area contributed by atoms with E-state index in [2.05, 4.69) is 0 Å². The molecule has 0 aliphatic carbocycles. The van der Waals surface area contributed by atoms with Crippen molar-refractivity contribution in [3.63, 3.8) is 0 Å². The molecule has 1 atom stereocenters. The van der Waals surface area contributed by atoms with Crippen LogP contribution in [0.1, 0.15) is 16.8 Å². The van der Waals surface area contributed by atoms with Crippen molar-refractivity contribution in [1.82, 2.24) is 0 Å². The maximum Gasteiger partial charge on any atom is 0.270 e. The van der Waals surface area contributed by atoms with Crippen molar-refractivity contribution < 1.29 is 19.2 Å². The van der Waals surface area contributed by atoms with Crippen LogP contribution >= 0.6 is 0 Å². The van der Waals surface area contributed by atoms with Crippen molar-refractivity contribution in [3.05, 3.63) is 33.9 Å². The molecule has 1 aromatic carbocycles. The first-order valence-corrected chi connectivity index (χ1v) is 5.18. The van der Waals surface area contributed by atoms with E-state index in [9.17, 15) is 14.9 Å². The lowest BCUT2D eigenvalue weighted by molar-refractivity contribution is -0.384. The number of carbonyl (C=O) groups excluding carboxylic acids is 1. The summed E-state index contributed by atoms with van der Waals surface area (Å²) in [5.74, 6) is 0.362. The van der Waals surface area contributed by atoms with E-state index in [4.69, 9.17) is 9.47 Å². The third-order valence-electron chi connectivity index (χ3n) is 2.51. The second-order valence-corrected chi connectivity index (χ2v) is 3.70. The lowest BCUT2D eigenvalue weighted by Gasteiger charge is -2.12. The average molecular weight is 237 g/mol. The maximum absolute atomic E-state index is 10.8. The standard InChI is InChI=1S/C11H11NO5/c13-6-8-5-9(12(14)15)1-2-11(8)17-10-3-4-16-7-10/h1-2,5-6,10H,3-4,7H2. The van der Waals surface area contributed by atoms with Crippen LogP contribution in [0.25, 0.3) is 0 Å². The number of ether oxygens (including phenoxy) is 2. The van der Waals surface area contributed by atoms with Gasteiger partial charge in [0.25, 0.3) is 5.69 Å². The lowest BCUT2D eigenvalue weighted by atomic mass is 10.2. The van der Waals surface area contributed by atoms with Crippen LogP contribution in [-0.2, 0) is 4.74 Å². The Labute approximate surface area is 97.3 Å². The summed E-state index contributed by atoms with van der Waals surface area (Å²) in [6.45, 7) is 1.11. The molecule has 90 valence electrons. The largest absolute Gasteiger partial charge is 0.487 e. The number of hydrogen-bond acceptors (Lipinski definition) is 5. The summed E-state index contributed by atoms with van der Waals surface area (Å²) in [5, 5.41) is 10.6. The Kier molecular flexibility index (Phi) is 3.34. The highest BCUT2D eigenvalue weighted by Crippen LogP contribution is 2.25. The number of rotatable bonds is 4. The molecule has 0 spiro atoms. The molecular formula is C11H11NO5. The number of hydrogen-bond donors (Lipinski definition) is 0. The summed E-state index contributed by atoms with van der Waals surface area (Å²) in [7, 11) is 0. The molecule has 0 N–H and O–H groups in total. The zero-order chi connectivity index (χ0) is 12.3. The second-order valence-electron chi connectivity index (χ2n) is 3.70. The highest BCUT2D eigenvalue weighted by molar-refractivity contribution is 5.80. The van der Waals surface area contributed by atoms with E-state index in [0.29, 0.717) is 25.2 Å². The van der Waals surface area contributed by atoms with Gasteiger partial charge in [0.2, 0.25) is 0 Å². The molecule has 0 amide bonds. The van der Waals surface area contributed by atoms with Crippen LogP contribution in [0.3, 0.4) is 0 Å². The SMILES string of the molecule is O=Cc1cc([N+](=O)[O-])ccc1OC1CCOC1. The van der Waals surface area contributed by atoms with Crippen molar-refractivity contribution in [2.24, 2.45) is 0 Å². The van der Waals surface area contributed by atoms with E-state index >= 15 is 0 Å². The van der Waals surface area contributed by atoms with Crippen LogP contribution < -0.4 is 4.74 Å². The van der Waals surface area contributed by atoms with Gasteiger partial charge in [0, 0.05) is 18.6 Å². The van der Waals surface area contributed by atoms with Crippen LogP contribution in [0.2, 0.25) is 0 Å². The normalized spacial score (nSPS) is 18.9. The van der Waals surface area contributed by atoms with Gasteiger partial charge in [-0.3, -0.25) is 14.9 Å². The minimum atomic E-state index is -0.546. The van der Waals surface area contributed by atoms with Gasteiger partial charge in [-0.25, -0.2) is 0 Å². The number of nitro benzene ring substituents is 1. The summed E-state index contributed by atoms with van der Waals surface area (Å²) in [5.41, 5.74) is 0.0632. The van der Waals surface area contributed by atoms with Crippen molar-refractivity contribution in [1.29, 1.82) is 0 Å². The van der Waals surface area contributed by atoms with Gasteiger partial charge >= 0.3 is 0 Å². The van der Waals surface area contributed by atoms with E-state index in [1.165, 1.54) is 18.2 Å². The maximum atomic E-state index is 10.8. The van der Waals surface area contributed by atoms with E-state index in [0.717, 1.165) is 6.42 Å². The smallest absolute Gasteiger partial charge is 0.270 e. The molecular weight excluding hydrogens is 226 g/mol. The Balaban J connectivity index is 2.21. The predicted octanol–water partition coefficient (Wildman–Crippen LogP) is 1.57. The van der Waals surface area contributed by atoms with E-state index in [-0.39, 0.29) is 17.4 Å². The van der Waals surface area contributed by atoms with Crippen molar-refractivity contribution in [3.8, 4) is 5.75 Å². The topological polar surface area (TPSA) is 78.7 Å². The number of nitro groups is 1. The van der Waals surface area contributed by atoms with Crippen LogP contribution in [0.5, 0.6) is 5.75 Å². The number of non-ortho nitro benzene ring substituents is 1. The summed E-state index contributed by atoms with van der Waals surface area (Å²) < 4.78 is 10.7. The van der Waals surface area contributed by atoms with Gasteiger partial charge < -0.3 is 9.47 Å². The fourth-order valence-corrected chi connectivity index (χ4v) is 1.63. The molecule has 1 fully saturated rings. The summed E-state index contributed by atoms with van der Waals surface area (Å²) in [4.78, 5) is 20.8. The van der Waals surface area contributed by atoms with Gasteiger partial charge in [-0.15, -0.1) is 0 Å². The molecule has 6 nitrogen and oxygen atoms in total. The molecule has 1 saturated heterocycles. The Morgan fingerprint density at radius 1 is 1.53 bits per heavy atom. The monoisotopic (exact) mass is 237 g/mol. The molecule has 1 heterocycles. The minimum Gasteiger partial charge on any atom is -0.487 e. The van der Waals surface area contributed by atoms with Crippen molar-refractivity contribution >= 4 is 12.0 Å². The van der Waals surface area contributed by atoms with Crippen LogP contribution in [0.15, 0.2) is 18.2 Å². The highest BCUT2D eigenvalue weighted by atomic mass is 16.6. The van der Waals surface area contributed by atoms with E-state index in [1.54, 1.807) is 0 Å². The molecule has 0 aromatic heterocycles. The molecule has 6 heteroatoms. The molecule has 0 saturated carbocycles. The predicted molar refractivity (Wildman–Crippen MR) is 58.3 cm³/mol. The second kappa shape index (κ2) is 4.92.